The fourth-order valence-corrected chi connectivity index (χ4v) is 13.2. The van der Waals surface area contributed by atoms with Crippen LogP contribution in [0, 0.1) is 0 Å². The van der Waals surface area contributed by atoms with Crippen LogP contribution in [0.2, 0.25) is 0 Å². The molecule has 0 atom stereocenters. The minimum atomic E-state index is -0.328. The van der Waals surface area contributed by atoms with Crippen molar-refractivity contribution in [1.29, 1.82) is 0 Å². The minimum absolute atomic E-state index is 0.0107. The molecule has 0 amide bonds. The fraction of sp³-hybridized carbons (Fsp3) is 0.265. The van der Waals surface area contributed by atoms with E-state index >= 15 is 0 Å². The lowest BCUT2D eigenvalue weighted by atomic mass is 9.56. The third-order valence-corrected chi connectivity index (χ3v) is 17.2. The van der Waals surface area contributed by atoms with Gasteiger partial charge in [-0.25, -0.2) is 0 Å². The SMILES string of the molecule is C=C1c2cc(C(C)(C)C)ccc2-c2cc(-c3c4c(c5c6cc(C(C)(C)C)ccc6n6c5c3[B]c3cc5c(cc3-6)-c3ccccc3C5(C)C)-c3ccccc3C4(C)C)c(Nc3ccc(C(C)(C)C)cc3)cc21. The lowest BCUT2D eigenvalue weighted by Gasteiger charge is -2.31. The van der Waals surface area contributed by atoms with Crippen molar-refractivity contribution in [3.8, 4) is 50.2 Å². The standard InChI is InChI=1S/C68H64BN2/c1-37-45-31-39(65(5,6)7)25-29-42(45)47-33-49(55(34-46(37)47)70-41-27-23-38(24-28-41)64(2,3)4)60-61-58(44-20-16-18-22-52(44)68(61,13)14)59-50-32-40(66(8,9)10)26-30-56(50)71-57-35-48-43-19-15-17-21-51(43)67(11,12)53(48)36-54(57)69-62(60)63(59)71/h15-36,70H,1H2,2-14H3. The van der Waals surface area contributed by atoms with Crippen LogP contribution in [0.4, 0.5) is 11.4 Å². The monoisotopic (exact) mass is 920 g/mol. The molecule has 349 valence electrons. The van der Waals surface area contributed by atoms with Gasteiger partial charge in [-0.1, -0.05) is 193 Å². The molecule has 13 rings (SSSR count). The van der Waals surface area contributed by atoms with E-state index in [0.717, 1.165) is 16.9 Å². The van der Waals surface area contributed by atoms with Gasteiger partial charge in [0.25, 0.3) is 0 Å². The van der Waals surface area contributed by atoms with Gasteiger partial charge in [-0.05, 0) is 159 Å². The van der Waals surface area contributed by atoms with Gasteiger partial charge in [0.1, 0.15) is 0 Å². The summed E-state index contributed by atoms with van der Waals surface area (Å²) in [7, 11) is 2.58. The average molecular weight is 920 g/mol. The Labute approximate surface area is 422 Å². The van der Waals surface area contributed by atoms with Gasteiger partial charge in [-0.3, -0.25) is 0 Å². The van der Waals surface area contributed by atoms with E-state index in [1.165, 1.54) is 133 Å². The molecular formula is C68H64BN2. The Morgan fingerprint density at radius 1 is 0.493 bits per heavy atom. The Hall–Kier alpha value is -6.84. The highest BCUT2D eigenvalue weighted by atomic mass is 15.0. The molecule has 9 aromatic rings. The molecule has 0 unspecified atom stereocenters. The van der Waals surface area contributed by atoms with Crippen molar-refractivity contribution in [1.82, 2.24) is 4.57 Å². The summed E-state index contributed by atoms with van der Waals surface area (Å²) in [5.74, 6) is 0. The Kier molecular flexibility index (Phi) is 8.82. The van der Waals surface area contributed by atoms with Crippen LogP contribution in [0.5, 0.6) is 0 Å². The van der Waals surface area contributed by atoms with Crippen LogP contribution in [-0.4, -0.2) is 11.8 Å². The first-order valence-corrected chi connectivity index (χ1v) is 25.9. The van der Waals surface area contributed by atoms with E-state index in [1.807, 2.05) is 0 Å². The fourth-order valence-electron chi connectivity index (χ4n) is 13.2. The second-order valence-electron chi connectivity index (χ2n) is 25.4. The molecule has 2 heterocycles. The van der Waals surface area contributed by atoms with Gasteiger partial charge in [-0.15, -0.1) is 0 Å². The second-order valence-corrected chi connectivity index (χ2v) is 25.4. The summed E-state index contributed by atoms with van der Waals surface area (Å²) in [4.78, 5) is 0. The zero-order valence-corrected chi connectivity index (χ0v) is 43.9. The van der Waals surface area contributed by atoms with Crippen LogP contribution in [0.15, 0.2) is 140 Å². The maximum atomic E-state index is 4.84. The molecule has 1 N–H and O–H groups in total. The van der Waals surface area contributed by atoms with Gasteiger partial charge in [0.2, 0.25) is 0 Å². The number of nitrogens with one attached hydrogen (secondary N) is 1. The van der Waals surface area contributed by atoms with Crippen LogP contribution in [0.1, 0.15) is 140 Å². The van der Waals surface area contributed by atoms with Gasteiger partial charge in [0.15, 0.2) is 7.28 Å². The van der Waals surface area contributed by atoms with Crippen molar-refractivity contribution in [2.24, 2.45) is 0 Å². The summed E-state index contributed by atoms with van der Waals surface area (Å²) < 4.78 is 2.66. The molecule has 0 saturated heterocycles. The Balaban J connectivity index is 1.19. The number of fused-ring (bicyclic) bond motifs is 15. The molecule has 0 fully saturated rings. The summed E-state index contributed by atoms with van der Waals surface area (Å²) in [5.41, 5.74) is 31.4. The molecule has 1 aromatic heterocycles. The zero-order valence-electron chi connectivity index (χ0n) is 43.9. The number of aromatic nitrogens is 1. The average Bonchev–Trinajstić information content (AvgIpc) is 3.96. The van der Waals surface area contributed by atoms with Crippen molar-refractivity contribution in [2.75, 3.05) is 5.32 Å². The highest BCUT2D eigenvalue weighted by Crippen LogP contribution is 2.59. The number of anilines is 2. The van der Waals surface area contributed by atoms with Crippen LogP contribution >= 0.6 is 0 Å². The normalized spacial score (nSPS) is 15.5. The van der Waals surface area contributed by atoms with Crippen molar-refractivity contribution in [3.63, 3.8) is 0 Å². The molecule has 0 bridgehead atoms. The molecule has 0 saturated carbocycles. The minimum Gasteiger partial charge on any atom is -0.355 e. The molecule has 1 aliphatic heterocycles. The maximum Gasteiger partial charge on any atom is 0.197 e. The predicted molar refractivity (Wildman–Crippen MR) is 306 cm³/mol. The molecule has 1 radical (unpaired) electrons. The summed E-state index contributed by atoms with van der Waals surface area (Å²) in [5, 5.41) is 6.76. The first-order valence-electron chi connectivity index (χ1n) is 25.9. The summed E-state index contributed by atoms with van der Waals surface area (Å²) in [6, 6.07) is 51.9. The topological polar surface area (TPSA) is 17.0 Å². The molecule has 4 aliphatic rings. The van der Waals surface area contributed by atoms with E-state index in [9.17, 15) is 0 Å². The summed E-state index contributed by atoms with van der Waals surface area (Å²) in [6.45, 7) is 35.4. The molecule has 0 spiro atoms. The quantitative estimate of drug-likeness (QED) is 0.175. The maximum absolute atomic E-state index is 4.84. The highest BCUT2D eigenvalue weighted by Gasteiger charge is 2.45. The highest BCUT2D eigenvalue weighted by molar-refractivity contribution is 6.74. The molecule has 3 aliphatic carbocycles. The van der Waals surface area contributed by atoms with Crippen molar-refractivity contribution < 1.29 is 0 Å². The van der Waals surface area contributed by atoms with E-state index in [4.69, 9.17) is 6.58 Å². The number of benzene rings is 8. The number of rotatable bonds is 3. The number of hydrogen-bond donors (Lipinski definition) is 1. The summed E-state index contributed by atoms with van der Waals surface area (Å²) in [6.07, 6.45) is 0. The van der Waals surface area contributed by atoms with Crippen LogP contribution < -0.4 is 16.2 Å². The first kappa shape index (κ1) is 44.1. The Morgan fingerprint density at radius 2 is 1.10 bits per heavy atom. The van der Waals surface area contributed by atoms with Crippen LogP contribution in [0.25, 0.3) is 77.6 Å². The van der Waals surface area contributed by atoms with Crippen molar-refractivity contribution in [2.45, 2.75) is 117 Å². The largest absolute Gasteiger partial charge is 0.355 e. The number of hydrogen-bond acceptors (Lipinski definition) is 1. The second kappa shape index (κ2) is 14.2. The molecule has 2 nitrogen and oxygen atoms in total. The molecular weight excluding hydrogens is 856 g/mol. The van der Waals surface area contributed by atoms with Crippen molar-refractivity contribution >= 4 is 57.0 Å². The van der Waals surface area contributed by atoms with E-state index in [0.29, 0.717) is 0 Å². The summed E-state index contributed by atoms with van der Waals surface area (Å²) >= 11 is 0. The lowest BCUT2D eigenvalue weighted by molar-refractivity contribution is 0.590. The van der Waals surface area contributed by atoms with E-state index < -0.39 is 0 Å². The van der Waals surface area contributed by atoms with Gasteiger partial charge in [0.05, 0.1) is 5.52 Å². The predicted octanol–water partition coefficient (Wildman–Crippen LogP) is 16.7. The smallest absolute Gasteiger partial charge is 0.197 e. The zero-order chi connectivity index (χ0) is 49.6. The molecule has 8 aromatic carbocycles. The van der Waals surface area contributed by atoms with Crippen LogP contribution in [0.3, 0.4) is 0 Å². The van der Waals surface area contributed by atoms with Crippen molar-refractivity contribution in [3.05, 3.63) is 190 Å². The third-order valence-electron chi connectivity index (χ3n) is 17.2. The lowest BCUT2D eigenvalue weighted by Crippen LogP contribution is -2.39. The van der Waals surface area contributed by atoms with Gasteiger partial charge >= 0.3 is 0 Å². The molecule has 71 heavy (non-hydrogen) atoms. The number of nitrogens with zero attached hydrogens (tertiary/aromatic N) is 1. The first-order chi connectivity index (χ1) is 33.5. The van der Waals surface area contributed by atoms with Gasteiger partial charge in [0, 0.05) is 49.7 Å². The van der Waals surface area contributed by atoms with Gasteiger partial charge < -0.3 is 9.88 Å². The van der Waals surface area contributed by atoms with Crippen LogP contribution in [-0.2, 0) is 27.1 Å². The molecule has 3 heteroatoms. The van der Waals surface area contributed by atoms with E-state index in [-0.39, 0.29) is 27.1 Å². The van der Waals surface area contributed by atoms with E-state index in [2.05, 4.69) is 241 Å². The third kappa shape index (κ3) is 6.08. The Morgan fingerprint density at radius 3 is 1.79 bits per heavy atom. The van der Waals surface area contributed by atoms with Gasteiger partial charge in [-0.2, -0.15) is 0 Å². The van der Waals surface area contributed by atoms with E-state index in [1.54, 1.807) is 0 Å². The Bertz CT molecular complexity index is 3860.